The van der Waals surface area contributed by atoms with Gasteiger partial charge >= 0.3 is 0 Å². The summed E-state index contributed by atoms with van der Waals surface area (Å²) >= 11 is 6.32. The lowest BCUT2D eigenvalue weighted by molar-refractivity contribution is -0.129. The predicted octanol–water partition coefficient (Wildman–Crippen LogP) is 4.43. The molecule has 0 radical (unpaired) electrons. The number of sulfonamides is 1. The average Bonchev–Trinajstić information content (AvgIpc) is 2.94. The molecule has 11 nitrogen and oxygen atoms in total. The Morgan fingerprint density at radius 3 is 2.48 bits per heavy atom. The van der Waals surface area contributed by atoms with Crippen molar-refractivity contribution in [1.82, 2.24) is 15.4 Å². The summed E-state index contributed by atoms with van der Waals surface area (Å²) in [5, 5.41) is 11.8. The topological polar surface area (TPSA) is 160 Å². The maximum atomic E-state index is 13.0. The molecule has 0 saturated carbocycles. The van der Waals surface area contributed by atoms with E-state index >= 15 is 0 Å². The fourth-order valence-corrected chi connectivity index (χ4v) is 4.82. The number of nitrogens with zero attached hydrogens (tertiary/aromatic N) is 2. The second-order valence-corrected chi connectivity index (χ2v) is 10.5. The third-order valence-corrected chi connectivity index (χ3v) is 7.29. The van der Waals surface area contributed by atoms with E-state index in [1.807, 2.05) is 12.1 Å². The summed E-state index contributed by atoms with van der Waals surface area (Å²) in [6, 6.07) is 18.9. The van der Waals surface area contributed by atoms with Gasteiger partial charge in [-0.25, -0.2) is 18.9 Å². The van der Waals surface area contributed by atoms with E-state index in [1.54, 1.807) is 37.4 Å². The Morgan fingerprint density at radius 2 is 1.80 bits per heavy atom. The molecule has 0 aliphatic rings. The van der Waals surface area contributed by atoms with Crippen molar-refractivity contribution >= 4 is 44.9 Å². The highest BCUT2D eigenvalue weighted by atomic mass is 35.5. The number of rotatable bonds is 10. The molecule has 4 rings (SSSR count). The third-order valence-electron chi connectivity index (χ3n) is 5.59. The van der Waals surface area contributed by atoms with Crippen molar-refractivity contribution in [2.75, 3.05) is 16.6 Å². The van der Waals surface area contributed by atoms with Gasteiger partial charge in [-0.3, -0.25) is 24.5 Å². The van der Waals surface area contributed by atoms with E-state index in [9.17, 15) is 18.0 Å². The van der Waals surface area contributed by atoms with Crippen LogP contribution in [0.1, 0.15) is 22.5 Å². The van der Waals surface area contributed by atoms with Crippen molar-refractivity contribution in [3.8, 4) is 17.0 Å². The van der Waals surface area contributed by atoms with E-state index in [-0.39, 0.29) is 29.3 Å². The number of halogens is 1. The summed E-state index contributed by atoms with van der Waals surface area (Å²) in [5.74, 6) is -0.648. The molecule has 2 aromatic heterocycles. The number of nitrogens with one attached hydrogen (secondary N) is 3. The Labute approximate surface area is 235 Å². The Bertz CT molecular complexity index is 1630. The van der Waals surface area contributed by atoms with E-state index in [0.29, 0.717) is 33.4 Å². The minimum Gasteiger partial charge on any atom is -0.493 e. The van der Waals surface area contributed by atoms with E-state index in [4.69, 9.17) is 21.5 Å². The fraction of sp³-hybridized carbons (Fsp3) is 0.111. The quantitative estimate of drug-likeness (QED) is 0.158. The number of hydrogen-bond acceptors (Lipinski definition) is 8. The van der Waals surface area contributed by atoms with Gasteiger partial charge < -0.3 is 10.1 Å². The minimum absolute atomic E-state index is 0.00325. The molecule has 0 saturated heterocycles. The van der Waals surface area contributed by atoms with Gasteiger partial charge in [0.05, 0.1) is 39.9 Å². The predicted molar refractivity (Wildman–Crippen MR) is 149 cm³/mol. The molecule has 0 atom stereocenters. The maximum absolute atomic E-state index is 13.0. The number of aryl methyl sites for hydroxylation is 1. The minimum atomic E-state index is -3.99. The Hall–Kier alpha value is -4.52. The monoisotopic (exact) mass is 581 g/mol. The van der Waals surface area contributed by atoms with E-state index in [2.05, 4.69) is 20.0 Å². The summed E-state index contributed by atoms with van der Waals surface area (Å²) in [6.45, 7) is 1.60. The van der Waals surface area contributed by atoms with Crippen molar-refractivity contribution < 1.29 is 28.0 Å². The number of hydroxylamine groups is 1. The number of carbonyl (C=O) groups is 2. The number of benzene rings is 2. The highest BCUT2D eigenvalue weighted by molar-refractivity contribution is 7.92. The maximum Gasteiger partial charge on any atom is 0.263 e. The lowest BCUT2D eigenvalue weighted by atomic mass is 10.1. The molecule has 2 aromatic carbocycles. The smallest absolute Gasteiger partial charge is 0.263 e. The standard InChI is InChI=1S/C27H24ClN5O6S/c1-17-21(27(35)31-18-5-11-23(28)22(16-18)24-4-2-3-14-29-24)10-12-25(30-17)33-40(37,38)20-8-6-19(7-9-20)39-15-13-26(34)32-36/h2-12,14,16,36H,13,15H2,1H3,(H,30,33)(H,31,35)(H,32,34). The van der Waals surface area contributed by atoms with Gasteiger partial charge in [-0.05, 0) is 73.7 Å². The van der Waals surface area contributed by atoms with Crippen molar-refractivity contribution in [3.05, 3.63) is 95.3 Å². The molecule has 40 heavy (non-hydrogen) atoms. The molecule has 2 heterocycles. The van der Waals surface area contributed by atoms with Crippen LogP contribution < -0.4 is 20.3 Å². The molecule has 0 bridgehead atoms. The fourth-order valence-electron chi connectivity index (χ4n) is 3.61. The van der Waals surface area contributed by atoms with E-state index in [1.165, 1.54) is 41.9 Å². The number of aromatic nitrogens is 2. The number of pyridine rings is 2. The molecular formula is C27H24ClN5O6S. The lowest BCUT2D eigenvalue weighted by Crippen LogP contribution is -2.20. The van der Waals surface area contributed by atoms with Gasteiger partial charge in [-0.2, -0.15) is 0 Å². The van der Waals surface area contributed by atoms with Crippen molar-refractivity contribution in [2.45, 2.75) is 18.2 Å². The molecule has 0 aliphatic heterocycles. The zero-order chi connectivity index (χ0) is 28.7. The van der Waals surface area contributed by atoms with Gasteiger partial charge in [0.15, 0.2) is 0 Å². The Morgan fingerprint density at radius 1 is 1.02 bits per heavy atom. The van der Waals surface area contributed by atoms with Gasteiger partial charge in [-0.15, -0.1) is 0 Å². The van der Waals surface area contributed by atoms with Crippen LogP contribution in [0, 0.1) is 6.92 Å². The molecule has 4 aromatic rings. The summed E-state index contributed by atoms with van der Waals surface area (Å²) in [6.07, 6.45) is 1.58. The first kappa shape index (κ1) is 28.5. The molecule has 0 aliphatic carbocycles. The first-order chi connectivity index (χ1) is 19.2. The summed E-state index contributed by atoms with van der Waals surface area (Å²) < 4.78 is 33.4. The summed E-state index contributed by atoms with van der Waals surface area (Å²) in [4.78, 5) is 32.5. The zero-order valence-electron chi connectivity index (χ0n) is 21.1. The third kappa shape index (κ3) is 7.11. The van der Waals surface area contributed by atoms with Gasteiger partial charge in [0.1, 0.15) is 11.6 Å². The first-order valence-corrected chi connectivity index (χ1v) is 13.7. The number of hydrogen-bond donors (Lipinski definition) is 4. The molecule has 13 heteroatoms. The second kappa shape index (κ2) is 12.6. The molecular weight excluding hydrogens is 558 g/mol. The molecule has 0 spiro atoms. The van der Waals surface area contributed by atoms with Crippen LogP contribution in [-0.4, -0.2) is 42.0 Å². The van der Waals surface area contributed by atoms with E-state index in [0.717, 1.165) is 0 Å². The Kier molecular flexibility index (Phi) is 8.94. The van der Waals surface area contributed by atoms with Gasteiger partial charge in [0.25, 0.3) is 15.9 Å². The van der Waals surface area contributed by atoms with Crippen LogP contribution in [0.2, 0.25) is 5.02 Å². The van der Waals surface area contributed by atoms with Gasteiger partial charge in [-0.1, -0.05) is 17.7 Å². The zero-order valence-corrected chi connectivity index (χ0v) is 22.7. The summed E-state index contributed by atoms with van der Waals surface area (Å²) in [5.41, 5.74) is 3.89. The molecule has 4 N–H and O–H groups in total. The second-order valence-electron chi connectivity index (χ2n) is 8.40. The van der Waals surface area contributed by atoms with Crippen LogP contribution in [0.4, 0.5) is 11.5 Å². The van der Waals surface area contributed by atoms with Crippen molar-refractivity contribution in [3.63, 3.8) is 0 Å². The SMILES string of the molecule is Cc1nc(NS(=O)(=O)c2ccc(OCCC(=O)NO)cc2)ccc1C(=O)Nc1ccc(Cl)c(-c2ccccn2)c1. The lowest BCUT2D eigenvalue weighted by Gasteiger charge is -2.12. The highest BCUT2D eigenvalue weighted by Gasteiger charge is 2.18. The summed E-state index contributed by atoms with van der Waals surface area (Å²) in [7, 11) is -3.99. The van der Waals surface area contributed by atoms with Crippen LogP contribution in [0.3, 0.4) is 0 Å². The first-order valence-electron chi connectivity index (χ1n) is 11.8. The molecule has 0 fully saturated rings. The normalized spacial score (nSPS) is 11.0. The number of ether oxygens (including phenoxy) is 1. The van der Waals surface area contributed by atoms with Crippen LogP contribution in [0.15, 0.2) is 83.9 Å². The van der Waals surface area contributed by atoms with Crippen LogP contribution in [0.5, 0.6) is 5.75 Å². The molecule has 0 unspecified atom stereocenters. The van der Waals surface area contributed by atoms with Crippen LogP contribution >= 0.6 is 11.6 Å². The van der Waals surface area contributed by atoms with E-state index < -0.39 is 21.8 Å². The van der Waals surface area contributed by atoms with Crippen molar-refractivity contribution in [1.29, 1.82) is 0 Å². The van der Waals surface area contributed by atoms with Crippen LogP contribution in [0.25, 0.3) is 11.3 Å². The number of anilines is 2. The van der Waals surface area contributed by atoms with Crippen LogP contribution in [-0.2, 0) is 14.8 Å². The van der Waals surface area contributed by atoms with Gasteiger partial charge in [0.2, 0.25) is 5.91 Å². The largest absolute Gasteiger partial charge is 0.493 e. The van der Waals surface area contributed by atoms with Gasteiger partial charge in [0, 0.05) is 17.4 Å². The highest BCUT2D eigenvalue weighted by Crippen LogP contribution is 2.29. The van der Waals surface area contributed by atoms with Crippen molar-refractivity contribution in [2.24, 2.45) is 0 Å². The Balaban J connectivity index is 1.42. The number of carbonyl (C=O) groups excluding carboxylic acids is 2. The molecule has 206 valence electrons. The molecule has 2 amide bonds. The average molecular weight is 582 g/mol. The number of amides is 2.